The van der Waals surface area contributed by atoms with E-state index in [0.717, 1.165) is 0 Å². The Morgan fingerprint density at radius 2 is 2.16 bits per heavy atom. The number of fused-ring (bicyclic) bond motifs is 1. The molecule has 6 heteroatoms. The van der Waals surface area contributed by atoms with Crippen LogP contribution in [0.2, 0.25) is 0 Å². The molecule has 0 aliphatic rings. The van der Waals surface area contributed by atoms with Gasteiger partial charge in [-0.15, -0.1) is 0 Å². The van der Waals surface area contributed by atoms with Gasteiger partial charge in [0.1, 0.15) is 12.3 Å². The highest BCUT2D eigenvalue weighted by Crippen LogP contribution is 2.25. The van der Waals surface area contributed by atoms with E-state index < -0.39 is 11.7 Å². The summed E-state index contributed by atoms with van der Waals surface area (Å²) in [5, 5.41) is 2.55. The van der Waals surface area contributed by atoms with Gasteiger partial charge in [0.25, 0.3) is 5.91 Å². The molecule has 1 N–H and O–H groups in total. The summed E-state index contributed by atoms with van der Waals surface area (Å²) in [6, 6.07) is 9.83. The van der Waals surface area contributed by atoms with Gasteiger partial charge in [-0.25, -0.2) is 9.37 Å². The van der Waals surface area contributed by atoms with E-state index in [9.17, 15) is 9.18 Å². The second-order valence-electron chi connectivity index (χ2n) is 5.37. The molecule has 0 radical (unpaired) electrons. The number of pyridine rings is 2. The van der Waals surface area contributed by atoms with Crippen LogP contribution in [0.3, 0.4) is 0 Å². The number of ether oxygens (including phenoxy) is 1. The van der Waals surface area contributed by atoms with Gasteiger partial charge in [-0.2, -0.15) is 0 Å². The molecule has 0 unspecified atom stereocenters. The van der Waals surface area contributed by atoms with Crippen molar-refractivity contribution in [3.8, 4) is 5.75 Å². The molecule has 0 bridgehead atoms. The van der Waals surface area contributed by atoms with E-state index in [1.54, 1.807) is 37.4 Å². The number of nitrogens with one attached hydrogen (secondary N) is 1. The zero-order valence-electron chi connectivity index (χ0n) is 13.6. The van der Waals surface area contributed by atoms with Gasteiger partial charge in [-0.05, 0) is 42.8 Å². The summed E-state index contributed by atoms with van der Waals surface area (Å²) in [5.74, 6) is -1.09. The van der Waals surface area contributed by atoms with Gasteiger partial charge in [0.15, 0.2) is 11.6 Å². The summed E-state index contributed by atoms with van der Waals surface area (Å²) in [6.45, 7) is 5.45. The number of amides is 1. The van der Waals surface area contributed by atoms with E-state index in [1.165, 1.54) is 18.2 Å². The van der Waals surface area contributed by atoms with Gasteiger partial charge in [-0.1, -0.05) is 18.7 Å². The zero-order valence-corrected chi connectivity index (χ0v) is 13.6. The standard InChI is InChI=1S/C19H16FN3O2/c1-3-10-25-16-8-4-6-14(17(16)20)23-19(24)18-12(2)11-15-13(22-18)7-5-9-21-15/h3-9,11H,1,10H2,2H3,(H,23,24). The number of anilines is 1. The van der Waals surface area contributed by atoms with Crippen molar-refractivity contribution < 1.29 is 13.9 Å². The topological polar surface area (TPSA) is 64.1 Å². The second-order valence-corrected chi connectivity index (χ2v) is 5.37. The van der Waals surface area contributed by atoms with E-state index in [2.05, 4.69) is 21.9 Å². The molecular formula is C19H16FN3O2. The number of carbonyl (C=O) groups is 1. The third-order valence-corrected chi connectivity index (χ3v) is 3.56. The van der Waals surface area contributed by atoms with Gasteiger partial charge in [0.2, 0.25) is 0 Å². The molecule has 3 rings (SSSR count). The predicted octanol–water partition coefficient (Wildman–Crippen LogP) is 3.89. The van der Waals surface area contributed by atoms with E-state index in [4.69, 9.17) is 4.74 Å². The number of carbonyl (C=O) groups excluding carboxylic acids is 1. The van der Waals surface area contributed by atoms with Crippen LogP contribution in [0.5, 0.6) is 5.75 Å². The van der Waals surface area contributed by atoms with Crippen LogP contribution in [0.15, 0.2) is 55.3 Å². The highest BCUT2D eigenvalue weighted by molar-refractivity contribution is 6.05. The smallest absolute Gasteiger partial charge is 0.274 e. The Kier molecular flexibility index (Phi) is 4.70. The number of hydrogen-bond acceptors (Lipinski definition) is 4. The van der Waals surface area contributed by atoms with Crippen molar-refractivity contribution in [2.24, 2.45) is 0 Å². The predicted molar refractivity (Wildman–Crippen MR) is 94.3 cm³/mol. The Labute approximate surface area is 144 Å². The SMILES string of the molecule is C=CCOc1cccc(NC(=O)c2nc3cccnc3cc2C)c1F. The van der Waals surface area contributed by atoms with Crippen LogP contribution < -0.4 is 10.1 Å². The van der Waals surface area contributed by atoms with E-state index in [1.807, 2.05) is 0 Å². The number of benzene rings is 1. The summed E-state index contributed by atoms with van der Waals surface area (Å²) >= 11 is 0. The van der Waals surface area contributed by atoms with Crippen LogP contribution >= 0.6 is 0 Å². The first-order valence-electron chi connectivity index (χ1n) is 7.66. The Morgan fingerprint density at radius 1 is 1.32 bits per heavy atom. The van der Waals surface area contributed by atoms with Gasteiger partial charge in [-0.3, -0.25) is 9.78 Å². The lowest BCUT2D eigenvalue weighted by Crippen LogP contribution is -2.16. The summed E-state index contributed by atoms with van der Waals surface area (Å²) in [7, 11) is 0. The van der Waals surface area contributed by atoms with Gasteiger partial charge in [0, 0.05) is 6.20 Å². The monoisotopic (exact) mass is 337 g/mol. The Morgan fingerprint density at radius 3 is 2.96 bits per heavy atom. The molecular weight excluding hydrogens is 321 g/mol. The molecule has 5 nitrogen and oxygen atoms in total. The lowest BCUT2D eigenvalue weighted by molar-refractivity contribution is 0.102. The van der Waals surface area contributed by atoms with Crippen LogP contribution in [0.1, 0.15) is 16.1 Å². The fraction of sp³-hybridized carbons (Fsp3) is 0.105. The van der Waals surface area contributed by atoms with Gasteiger partial charge < -0.3 is 10.1 Å². The van der Waals surface area contributed by atoms with Crippen molar-refractivity contribution in [2.75, 3.05) is 11.9 Å². The first-order chi connectivity index (χ1) is 12.1. The fourth-order valence-corrected chi connectivity index (χ4v) is 2.38. The highest BCUT2D eigenvalue weighted by atomic mass is 19.1. The molecule has 0 saturated carbocycles. The van der Waals surface area contributed by atoms with Crippen LogP contribution in [0, 0.1) is 12.7 Å². The molecule has 0 aliphatic carbocycles. The molecule has 126 valence electrons. The van der Waals surface area contributed by atoms with Crippen molar-refractivity contribution >= 4 is 22.6 Å². The molecule has 0 atom stereocenters. The molecule has 1 amide bonds. The molecule has 2 aromatic heterocycles. The van der Waals surface area contributed by atoms with Crippen LogP contribution in [0.4, 0.5) is 10.1 Å². The fourth-order valence-electron chi connectivity index (χ4n) is 2.38. The number of halogens is 1. The molecule has 2 heterocycles. The maximum Gasteiger partial charge on any atom is 0.274 e. The highest BCUT2D eigenvalue weighted by Gasteiger charge is 2.16. The minimum atomic E-state index is -0.641. The Hall–Kier alpha value is -3.28. The number of nitrogens with zero attached hydrogens (tertiary/aromatic N) is 2. The number of aromatic nitrogens is 2. The molecule has 0 fully saturated rings. The molecule has 25 heavy (non-hydrogen) atoms. The summed E-state index contributed by atoms with van der Waals surface area (Å²) in [6.07, 6.45) is 3.18. The van der Waals surface area contributed by atoms with E-state index in [-0.39, 0.29) is 23.7 Å². The maximum absolute atomic E-state index is 14.4. The third-order valence-electron chi connectivity index (χ3n) is 3.56. The minimum absolute atomic E-state index is 0.0269. The molecule has 0 spiro atoms. The average molecular weight is 337 g/mol. The Balaban J connectivity index is 1.90. The van der Waals surface area contributed by atoms with Crippen molar-refractivity contribution in [3.63, 3.8) is 0 Å². The zero-order chi connectivity index (χ0) is 17.8. The van der Waals surface area contributed by atoms with Crippen LogP contribution in [-0.4, -0.2) is 22.5 Å². The minimum Gasteiger partial charge on any atom is -0.486 e. The van der Waals surface area contributed by atoms with Gasteiger partial charge >= 0.3 is 0 Å². The van der Waals surface area contributed by atoms with Crippen LogP contribution in [0.25, 0.3) is 11.0 Å². The summed E-state index contributed by atoms with van der Waals surface area (Å²) in [4.78, 5) is 21.1. The second kappa shape index (κ2) is 7.09. The average Bonchev–Trinajstić information content (AvgIpc) is 2.61. The first kappa shape index (κ1) is 16.6. The molecule has 0 saturated heterocycles. The number of aryl methyl sites for hydroxylation is 1. The van der Waals surface area contributed by atoms with Crippen molar-refractivity contribution in [1.29, 1.82) is 0 Å². The van der Waals surface area contributed by atoms with Crippen molar-refractivity contribution in [3.05, 3.63) is 72.3 Å². The van der Waals surface area contributed by atoms with E-state index in [0.29, 0.717) is 16.6 Å². The summed E-state index contributed by atoms with van der Waals surface area (Å²) in [5.41, 5.74) is 2.20. The van der Waals surface area contributed by atoms with Crippen LogP contribution in [-0.2, 0) is 0 Å². The maximum atomic E-state index is 14.4. The Bertz CT molecular complexity index is 957. The van der Waals surface area contributed by atoms with Gasteiger partial charge in [0.05, 0.1) is 16.7 Å². The lowest BCUT2D eigenvalue weighted by Gasteiger charge is -2.11. The van der Waals surface area contributed by atoms with Crippen molar-refractivity contribution in [1.82, 2.24) is 9.97 Å². The van der Waals surface area contributed by atoms with Crippen molar-refractivity contribution in [2.45, 2.75) is 6.92 Å². The molecule has 0 aliphatic heterocycles. The molecule has 1 aromatic carbocycles. The quantitative estimate of drug-likeness (QED) is 0.717. The largest absolute Gasteiger partial charge is 0.486 e. The first-order valence-corrected chi connectivity index (χ1v) is 7.66. The van der Waals surface area contributed by atoms with E-state index >= 15 is 0 Å². The lowest BCUT2D eigenvalue weighted by atomic mass is 10.1. The number of rotatable bonds is 5. The molecule has 3 aromatic rings. The third kappa shape index (κ3) is 3.47. The normalized spacial score (nSPS) is 10.5. The number of hydrogen-bond donors (Lipinski definition) is 1. The summed E-state index contributed by atoms with van der Waals surface area (Å²) < 4.78 is 19.6.